The Hall–Kier alpha value is -0.710. The van der Waals surface area contributed by atoms with E-state index in [9.17, 15) is 0 Å². The van der Waals surface area contributed by atoms with Crippen molar-refractivity contribution in [3.05, 3.63) is 50.9 Å². The highest BCUT2D eigenvalue weighted by Crippen LogP contribution is 2.27. The Bertz CT molecular complexity index is 485. The molecule has 2 rings (SSSR count). The molecule has 1 heterocycles. The molecule has 1 aromatic heterocycles. The Balaban J connectivity index is 2.11. The number of rotatable bonds is 7. The first-order chi connectivity index (χ1) is 9.31. The minimum Gasteiger partial charge on any atom is -0.316 e. The smallest absolute Gasteiger partial charge is 0.0794 e. The van der Waals surface area contributed by atoms with Gasteiger partial charge in [0.05, 0.1) is 11.2 Å². The van der Waals surface area contributed by atoms with Gasteiger partial charge in [-0.05, 0) is 31.0 Å². The van der Waals surface area contributed by atoms with E-state index in [4.69, 9.17) is 0 Å². The molecule has 0 aliphatic heterocycles. The van der Waals surface area contributed by atoms with E-state index in [-0.39, 0.29) is 0 Å². The number of nitrogens with zero attached hydrogens (tertiary/aromatic N) is 1. The van der Waals surface area contributed by atoms with Crippen LogP contribution in [0.15, 0.2) is 39.6 Å². The van der Waals surface area contributed by atoms with Crippen LogP contribution in [0.5, 0.6) is 0 Å². The van der Waals surface area contributed by atoms with Gasteiger partial charge in [-0.15, -0.1) is 11.3 Å². The van der Waals surface area contributed by atoms with Crippen LogP contribution in [0.4, 0.5) is 0 Å². The molecule has 102 valence electrons. The Morgan fingerprint density at radius 3 is 2.89 bits per heavy atom. The molecule has 0 aliphatic carbocycles. The van der Waals surface area contributed by atoms with Crippen molar-refractivity contribution in [2.45, 2.75) is 25.7 Å². The van der Waals surface area contributed by atoms with Crippen molar-refractivity contribution in [1.82, 2.24) is 10.3 Å². The van der Waals surface area contributed by atoms with Crippen LogP contribution in [0.1, 0.15) is 30.5 Å². The summed E-state index contributed by atoms with van der Waals surface area (Å²) in [6.07, 6.45) is 2.15. The highest BCUT2D eigenvalue weighted by atomic mass is 79.9. The summed E-state index contributed by atoms with van der Waals surface area (Å²) < 4.78 is 1.19. The average molecular weight is 339 g/mol. The Kier molecular flexibility index (Phi) is 6.01. The predicted molar refractivity (Wildman–Crippen MR) is 85.9 cm³/mol. The molecule has 0 fully saturated rings. The zero-order chi connectivity index (χ0) is 13.5. The fraction of sp³-hybridized carbons (Fsp3) is 0.400. The van der Waals surface area contributed by atoms with Crippen molar-refractivity contribution in [2.75, 3.05) is 13.1 Å². The standard InChI is InChI=1S/C15H19BrN2S/c1-2-7-17-9-12(8-13-10-19-11-18-13)14-5-3-4-6-15(14)16/h3-6,10-12,17H,2,7-9H2,1H3. The van der Waals surface area contributed by atoms with Gasteiger partial charge in [0.1, 0.15) is 0 Å². The first-order valence-electron chi connectivity index (χ1n) is 6.63. The third-order valence-electron chi connectivity index (χ3n) is 3.10. The number of benzene rings is 1. The molecule has 1 aromatic carbocycles. The van der Waals surface area contributed by atoms with Gasteiger partial charge >= 0.3 is 0 Å². The molecule has 0 aliphatic rings. The zero-order valence-electron chi connectivity index (χ0n) is 11.1. The summed E-state index contributed by atoms with van der Waals surface area (Å²) in [5.74, 6) is 0.462. The van der Waals surface area contributed by atoms with Crippen LogP contribution in [0.3, 0.4) is 0 Å². The van der Waals surface area contributed by atoms with E-state index in [2.05, 4.69) is 62.8 Å². The van der Waals surface area contributed by atoms with E-state index in [1.165, 1.54) is 22.2 Å². The van der Waals surface area contributed by atoms with Crippen LogP contribution in [0.25, 0.3) is 0 Å². The fourth-order valence-corrected chi connectivity index (χ4v) is 3.32. The van der Waals surface area contributed by atoms with Crippen LogP contribution < -0.4 is 5.32 Å². The van der Waals surface area contributed by atoms with Crippen molar-refractivity contribution in [2.24, 2.45) is 0 Å². The second-order valence-corrected chi connectivity index (χ2v) is 6.18. The number of hydrogen-bond acceptors (Lipinski definition) is 3. The van der Waals surface area contributed by atoms with Crippen molar-refractivity contribution < 1.29 is 0 Å². The first kappa shape index (κ1) is 14.7. The van der Waals surface area contributed by atoms with Crippen molar-refractivity contribution in [3.8, 4) is 0 Å². The van der Waals surface area contributed by atoms with Crippen LogP contribution in [0, 0.1) is 0 Å². The second kappa shape index (κ2) is 7.78. The molecule has 0 radical (unpaired) electrons. The minimum atomic E-state index is 0.462. The summed E-state index contributed by atoms with van der Waals surface area (Å²) in [6, 6.07) is 8.48. The monoisotopic (exact) mass is 338 g/mol. The van der Waals surface area contributed by atoms with Gasteiger partial charge in [-0.1, -0.05) is 41.1 Å². The van der Waals surface area contributed by atoms with Gasteiger partial charge in [0.2, 0.25) is 0 Å². The maximum absolute atomic E-state index is 4.41. The van der Waals surface area contributed by atoms with Gasteiger partial charge in [0.25, 0.3) is 0 Å². The maximum Gasteiger partial charge on any atom is 0.0794 e. The highest BCUT2D eigenvalue weighted by Gasteiger charge is 2.15. The molecule has 0 saturated carbocycles. The van der Waals surface area contributed by atoms with E-state index < -0.39 is 0 Å². The van der Waals surface area contributed by atoms with E-state index in [0.29, 0.717) is 5.92 Å². The summed E-state index contributed by atoms with van der Waals surface area (Å²) in [6.45, 7) is 4.26. The summed E-state index contributed by atoms with van der Waals surface area (Å²) >= 11 is 5.33. The van der Waals surface area contributed by atoms with E-state index in [1.807, 2.05) is 5.51 Å². The molecular formula is C15H19BrN2S. The van der Waals surface area contributed by atoms with Crippen molar-refractivity contribution >= 4 is 27.3 Å². The normalized spacial score (nSPS) is 12.5. The SMILES string of the molecule is CCCNCC(Cc1cscn1)c1ccccc1Br. The number of halogens is 1. The topological polar surface area (TPSA) is 24.9 Å². The molecule has 2 nitrogen and oxygen atoms in total. The predicted octanol–water partition coefficient (Wildman–Crippen LogP) is 4.23. The molecule has 0 saturated heterocycles. The lowest BCUT2D eigenvalue weighted by atomic mass is 9.94. The van der Waals surface area contributed by atoms with Gasteiger partial charge < -0.3 is 5.32 Å². The molecule has 1 atom stereocenters. The summed E-state index contributed by atoms with van der Waals surface area (Å²) in [5, 5.41) is 5.67. The lowest BCUT2D eigenvalue weighted by Crippen LogP contribution is -2.24. The van der Waals surface area contributed by atoms with E-state index >= 15 is 0 Å². The highest BCUT2D eigenvalue weighted by molar-refractivity contribution is 9.10. The van der Waals surface area contributed by atoms with Gasteiger partial charge in [-0.3, -0.25) is 0 Å². The number of aromatic nitrogens is 1. The van der Waals surface area contributed by atoms with Gasteiger partial charge in [0, 0.05) is 22.3 Å². The van der Waals surface area contributed by atoms with Gasteiger partial charge in [0.15, 0.2) is 0 Å². The molecule has 2 aromatic rings. The first-order valence-corrected chi connectivity index (χ1v) is 8.37. The number of hydrogen-bond donors (Lipinski definition) is 1. The van der Waals surface area contributed by atoms with E-state index in [1.54, 1.807) is 11.3 Å². The summed E-state index contributed by atoms with van der Waals surface area (Å²) in [7, 11) is 0. The Labute approximate surface area is 127 Å². The van der Waals surface area contributed by atoms with Crippen molar-refractivity contribution in [1.29, 1.82) is 0 Å². The number of nitrogens with one attached hydrogen (secondary N) is 1. The summed E-state index contributed by atoms with van der Waals surface area (Å²) in [5.41, 5.74) is 4.45. The molecule has 1 N–H and O–H groups in total. The molecule has 0 spiro atoms. The third-order valence-corrected chi connectivity index (χ3v) is 4.46. The lowest BCUT2D eigenvalue weighted by Gasteiger charge is -2.18. The fourth-order valence-electron chi connectivity index (χ4n) is 2.14. The van der Waals surface area contributed by atoms with Crippen LogP contribution in [-0.2, 0) is 6.42 Å². The molecule has 0 amide bonds. The molecule has 19 heavy (non-hydrogen) atoms. The zero-order valence-corrected chi connectivity index (χ0v) is 13.5. The Morgan fingerprint density at radius 1 is 1.37 bits per heavy atom. The third kappa shape index (κ3) is 4.41. The molecule has 4 heteroatoms. The summed E-state index contributed by atoms with van der Waals surface area (Å²) in [4.78, 5) is 4.41. The lowest BCUT2D eigenvalue weighted by molar-refractivity contribution is 0.571. The van der Waals surface area contributed by atoms with Crippen LogP contribution in [-0.4, -0.2) is 18.1 Å². The second-order valence-electron chi connectivity index (χ2n) is 4.61. The quantitative estimate of drug-likeness (QED) is 0.764. The maximum atomic E-state index is 4.41. The minimum absolute atomic E-state index is 0.462. The molecular weight excluding hydrogens is 320 g/mol. The van der Waals surface area contributed by atoms with Gasteiger partial charge in [-0.2, -0.15) is 0 Å². The number of thiazole rings is 1. The largest absolute Gasteiger partial charge is 0.316 e. The average Bonchev–Trinajstić information content (AvgIpc) is 2.91. The molecule has 0 bridgehead atoms. The van der Waals surface area contributed by atoms with E-state index in [0.717, 1.165) is 19.5 Å². The van der Waals surface area contributed by atoms with Crippen LogP contribution >= 0.6 is 27.3 Å². The van der Waals surface area contributed by atoms with Crippen molar-refractivity contribution in [3.63, 3.8) is 0 Å². The Morgan fingerprint density at radius 2 is 2.21 bits per heavy atom. The van der Waals surface area contributed by atoms with Gasteiger partial charge in [-0.25, -0.2) is 4.98 Å². The molecule has 1 unspecified atom stereocenters. The van der Waals surface area contributed by atoms with Crippen LogP contribution in [0.2, 0.25) is 0 Å².